The van der Waals surface area contributed by atoms with E-state index in [1.54, 1.807) is 25.3 Å². The largest absolute Gasteiger partial charge is 0.478 e. The SMILES string of the molecule is Cc1ncccc1Nc1cc([N+](=O)[O-])ccc1C(=O)O. The van der Waals surface area contributed by atoms with Gasteiger partial charge in [-0.05, 0) is 25.1 Å². The summed E-state index contributed by atoms with van der Waals surface area (Å²) < 4.78 is 0. The second kappa shape index (κ2) is 5.35. The van der Waals surface area contributed by atoms with Gasteiger partial charge in [0, 0.05) is 18.3 Å². The van der Waals surface area contributed by atoms with Crippen LogP contribution in [0.3, 0.4) is 0 Å². The maximum Gasteiger partial charge on any atom is 0.337 e. The van der Waals surface area contributed by atoms with E-state index < -0.39 is 10.9 Å². The lowest BCUT2D eigenvalue weighted by Gasteiger charge is -2.11. The van der Waals surface area contributed by atoms with Gasteiger partial charge in [0.1, 0.15) is 0 Å². The number of aromatic nitrogens is 1. The maximum absolute atomic E-state index is 11.2. The van der Waals surface area contributed by atoms with Crippen LogP contribution in [0.2, 0.25) is 0 Å². The van der Waals surface area contributed by atoms with Gasteiger partial charge in [-0.25, -0.2) is 4.79 Å². The number of hydrogen-bond acceptors (Lipinski definition) is 5. The number of pyridine rings is 1. The minimum Gasteiger partial charge on any atom is -0.478 e. The van der Waals surface area contributed by atoms with Crippen LogP contribution < -0.4 is 5.32 Å². The van der Waals surface area contributed by atoms with E-state index in [-0.39, 0.29) is 16.9 Å². The van der Waals surface area contributed by atoms with E-state index in [4.69, 9.17) is 5.11 Å². The van der Waals surface area contributed by atoms with Crippen LogP contribution in [-0.4, -0.2) is 21.0 Å². The molecule has 2 N–H and O–H groups in total. The number of carboxylic acids is 1. The third-order valence-corrected chi connectivity index (χ3v) is 2.72. The maximum atomic E-state index is 11.2. The van der Waals surface area contributed by atoms with Gasteiger partial charge in [-0.2, -0.15) is 0 Å². The molecule has 0 radical (unpaired) electrons. The fraction of sp³-hybridized carbons (Fsp3) is 0.0769. The van der Waals surface area contributed by atoms with Gasteiger partial charge in [-0.1, -0.05) is 0 Å². The molecule has 2 rings (SSSR count). The van der Waals surface area contributed by atoms with E-state index in [2.05, 4.69) is 10.3 Å². The zero-order valence-corrected chi connectivity index (χ0v) is 10.5. The third-order valence-electron chi connectivity index (χ3n) is 2.72. The zero-order valence-electron chi connectivity index (χ0n) is 10.5. The fourth-order valence-corrected chi connectivity index (χ4v) is 1.70. The molecule has 0 bridgehead atoms. The number of rotatable bonds is 4. The minimum absolute atomic E-state index is 0.0427. The van der Waals surface area contributed by atoms with Crippen LogP contribution in [-0.2, 0) is 0 Å². The molecule has 0 atom stereocenters. The predicted octanol–water partition coefficient (Wildman–Crippen LogP) is 2.74. The Morgan fingerprint density at radius 2 is 2.10 bits per heavy atom. The highest BCUT2D eigenvalue weighted by molar-refractivity contribution is 5.95. The second-order valence-electron chi connectivity index (χ2n) is 4.05. The molecule has 0 unspecified atom stereocenters. The van der Waals surface area contributed by atoms with E-state index in [0.717, 1.165) is 6.07 Å². The standard InChI is InChI=1S/C13H11N3O4/c1-8-11(3-2-6-14-8)15-12-7-9(16(19)20)4-5-10(12)13(17)18/h2-7,15H,1H3,(H,17,18). The van der Waals surface area contributed by atoms with E-state index in [9.17, 15) is 14.9 Å². The molecule has 1 aromatic heterocycles. The summed E-state index contributed by atoms with van der Waals surface area (Å²) in [5, 5.41) is 22.8. The van der Waals surface area contributed by atoms with E-state index in [0.29, 0.717) is 11.4 Å². The molecule has 1 heterocycles. The van der Waals surface area contributed by atoms with Crippen LogP contribution in [0, 0.1) is 17.0 Å². The average molecular weight is 273 g/mol. The molecule has 102 valence electrons. The van der Waals surface area contributed by atoms with Crippen LogP contribution in [0.1, 0.15) is 16.1 Å². The third kappa shape index (κ3) is 2.72. The topological polar surface area (TPSA) is 105 Å². The molecule has 7 nitrogen and oxygen atoms in total. The molecule has 0 fully saturated rings. The Hall–Kier alpha value is -2.96. The van der Waals surface area contributed by atoms with Crippen molar-refractivity contribution in [2.24, 2.45) is 0 Å². The lowest BCUT2D eigenvalue weighted by Crippen LogP contribution is -2.04. The van der Waals surface area contributed by atoms with Crippen LogP contribution in [0.15, 0.2) is 36.5 Å². The highest BCUT2D eigenvalue weighted by atomic mass is 16.6. The number of non-ortho nitro benzene ring substituents is 1. The Bertz CT molecular complexity index is 685. The summed E-state index contributed by atoms with van der Waals surface area (Å²) >= 11 is 0. The first-order valence-corrected chi connectivity index (χ1v) is 5.69. The molecular formula is C13H11N3O4. The van der Waals surface area contributed by atoms with Crippen molar-refractivity contribution in [1.82, 2.24) is 4.98 Å². The fourth-order valence-electron chi connectivity index (χ4n) is 1.70. The van der Waals surface area contributed by atoms with Gasteiger partial charge in [0.05, 0.1) is 27.6 Å². The zero-order chi connectivity index (χ0) is 14.7. The van der Waals surface area contributed by atoms with Crippen molar-refractivity contribution in [3.05, 3.63) is 57.9 Å². The van der Waals surface area contributed by atoms with Gasteiger partial charge in [0.2, 0.25) is 0 Å². The molecular weight excluding hydrogens is 262 g/mol. The summed E-state index contributed by atoms with van der Waals surface area (Å²) in [5.74, 6) is -1.16. The van der Waals surface area contributed by atoms with E-state index in [1.807, 2.05) is 0 Å². The Morgan fingerprint density at radius 3 is 2.70 bits per heavy atom. The lowest BCUT2D eigenvalue weighted by atomic mass is 10.1. The highest BCUT2D eigenvalue weighted by Crippen LogP contribution is 2.26. The molecule has 0 aliphatic rings. The van der Waals surface area contributed by atoms with Gasteiger partial charge < -0.3 is 10.4 Å². The van der Waals surface area contributed by atoms with Crippen molar-refractivity contribution >= 4 is 23.0 Å². The highest BCUT2D eigenvalue weighted by Gasteiger charge is 2.16. The number of carboxylic acid groups (broad SMARTS) is 1. The number of benzene rings is 1. The first-order valence-electron chi connectivity index (χ1n) is 5.69. The molecule has 0 spiro atoms. The van der Waals surface area contributed by atoms with Gasteiger partial charge in [0.15, 0.2) is 0 Å². The molecule has 1 aromatic carbocycles. The average Bonchev–Trinajstić information content (AvgIpc) is 2.41. The number of nitrogens with one attached hydrogen (secondary N) is 1. The van der Waals surface area contributed by atoms with Crippen LogP contribution in [0.5, 0.6) is 0 Å². The van der Waals surface area contributed by atoms with E-state index in [1.165, 1.54) is 12.1 Å². The Morgan fingerprint density at radius 1 is 1.35 bits per heavy atom. The quantitative estimate of drug-likeness (QED) is 0.655. The number of aryl methyl sites for hydroxylation is 1. The smallest absolute Gasteiger partial charge is 0.337 e. The molecule has 0 amide bonds. The summed E-state index contributed by atoms with van der Waals surface area (Å²) in [5.41, 5.74) is 1.19. The summed E-state index contributed by atoms with van der Waals surface area (Å²) in [6, 6.07) is 6.95. The number of aromatic carboxylic acids is 1. The van der Waals surface area contributed by atoms with Gasteiger partial charge in [0.25, 0.3) is 5.69 Å². The first kappa shape index (κ1) is 13.5. The van der Waals surface area contributed by atoms with Crippen molar-refractivity contribution in [3.8, 4) is 0 Å². The van der Waals surface area contributed by atoms with Gasteiger partial charge >= 0.3 is 5.97 Å². The second-order valence-corrected chi connectivity index (χ2v) is 4.05. The predicted molar refractivity (Wildman–Crippen MR) is 72.3 cm³/mol. The Balaban J connectivity index is 2.48. The van der Waals surface area contributed by atoms with Crippen LogP contribution >= 0.6 is 0 Å². The number of hydrogen-bond donors (Lipinski definition) is 2. The minimum atomic E-state index is -1.16. The van der Waals surface area contributed by atoms with Crippen LogP contribution in [0.4, 0.5) is 17.1 Å². The molecule has 20 heavy (non-hydrogen) atoms. The van der Waals surface area contributed by atoms with Crippen LogP contribution in [0.25, 0.3) is 0 Å². The summed E-state index contributed by atoms with van der Waals surface area (Å²) in [6.45, 7) is 1.75. The summed E-state index contributed by atoms with van der Waals surface area (Å²) in [7, 11) is 0. The van der Waals surface area contributed by atoms with Crippen molar-refractivity contribution < 1.29 is 14.8 Å². The Kier molecular flexibility index (Phi) is 3.60. The number of anilines is 2. The summed E-state index contributed by atoms with van der Waals surface area (Å²) in [6.07, 6.45) is 1.60. The van der Waals surface area contributed by atoms with Crippen molar-refractivity contribution in [2.45, 2.75) is 6.92 Å². The summed E-state index contributed by atoms with van der Waals surface area (Å²) in [4.78, 5) is 25.4. The van der Waals surface area contributed by atoms with Gasteiger partial charge in [-0.15, -0.1) is 0 Å². The molecule has 0 saturated heterocycles. The normalized spacial score (nSPS) is 10.1. The molecule has 0 saturated carbocycles. The van der Waals surface area contributed by atoms with Crippen molar-refractivity contribution in [2.75, 3.05) is 5.32 Å². The Labute approximate surface area is 114 Å². The monoisotopic (exact) mass is 273 g/mol. The molecule has 2 aromatic rings. The van der Waals surface area contributed by atoms with Gasteiger partial charge in [-0.3, -0.25) is 15.1 Å². The number of carbonyl (C=O) groups is 1. The van der Waals surface area contributed by atoms with Crippen molar-refractivity contribution in [1.29, 1.82) is 0 Å². The lowest BCUT2D eigenvalue weighted by molar-refractivity contribution is -0.384. The number of nitro groups is 1. The first-order chi connectivity index (χ1) is 9.49. The number of nitro benzene ring substituents is 1. The molecule has 0 aliphatic carbocycles. The molecule has 7 heteroatoms. The number of nitrogens with zero attached hydrogens (tertiary/aromatic N) is 2. The van der Waals surface area contributed by atoms with E-state index >= 15 is 0 Å². The molecule has 0 aliphatic heterocycles. The van der Waals surface area contributed by atoms with Crippen molar-refractivity contribution in [3.63, 3.8) is 0 Å².